The fraction of sp³-hybridized carbons (Fsp3) is 0.286. The van der Waals surface area contributed by atoms with Crippen LogP contribution in [0.4, 0.5) is 10.5 Å². The molecule has 0 aliphatic carbocycles. The SMILES string of the molecule is CN(C(=O)OC(C)(C)C)S(=O)(=O)Nc1ccc(Cc2n[nH]c(=O)c3ccccc23)cc1. The lowest BCUT2D eigenvalue weighted by Gasteiger charge is -2.24. The fourth-order valence-corrected chi connectivity index (χ4v) is 3.64. The molecule has 0 bridgehead atoms. The van der Waals surface area contributed by atoms with E-state index in [9.17, 15) is 18.0 Å². The van der Waals surface area contributed by atoms with E-state index in [-0.39, 0.29) is 5.56 Å². The molecule has 3 rings (SSSR count). The number of rotatable bonds is 5. The number of benzene rings is 2. The molecule has 10 heteroatoms. The molecular weight excluding hydrogens is 420 g/mol. The zero-order valence-electron chi connectivity index (χ0n) is 17.7. The number of anilines is 1. The average Bonchev–Trinajstić information content (AvgIpc) is 2.69. The van der Waals surface area contributed by atoms with Gasteiger partial charge in [-0.15, -0.1) is 0 Å². The van der Waals surface area contributed by atoms with Crippen LogP contribution in [0.2, 0.25) is 0 Å². The van der Waals surface area contributed by atoms with Crippen LogP contribution in [0, 0.1) is 0 Å². The summed E-state index contributed by atoms with van der Waals surface area (Å²) in [6, 6.07) is 13.9. The molecule has 0 aliphatic heterocycles. The number of H-pyrrole nitrogens is 1. The molecule has 1 aromatic heterocycles. The molecule has 2 aromatic carbocycles. The molecule has 1 amide bonds. The summed E-state index contributed by atoms with van der Waals surface area (Å²) in [6.45, 7) is 4.95. The topological polar surface area (TPSA) is 121 Å². The Kier molecular flexibility index (Phi) is 6.03. The average molecular weight is 445 g/mol. The van der Waals surface area contributed by atoms with Gasteiger partial charge in [-0.05, 0) is 44.5 Å². The summed E-state index contributed by atoms with van der Waals surface area (Å²) < 4.78 is 32.9. The van der Waals surface area contributed by atoms with Gasteiger partial charge in [0, 0.05) is 18.9 Å². The number of aromatic amines is 1. The summed E-state index contributed by atoms with van der Waals surface area (Å²) in [6.07, 6.45) is -0.532. The lowest BCUT2D eigenvalue weighted by Crippen LogP contribution is -2.40. The first-order chi connectivity index (χ1) is 14.5. The second-order valence-corrected chi connectivity index (χ2v) is 9.68. The molecule has 0 atom stereocenters. The summed E-state index contributed by atoms with van der Waals surface area (Å²) in [7, 11) is -3.01. The number of aromatic nitrogens is 2. The van der Waals surface area contributed by atoms with Crippen molar-refractivity contribution < 1.29 is 17.9 Å². The van der Waals surface area contributed by atoms with Crippen LogP contribution in [-0.2, 0) is 21.4 Å². The Balaban J connectivity index is 1.74. The number of carbonyl (C=O) groups is 1. The highest BCUT2D eigenvalue weighted by Gasteiger charge is 2.28. The van der Waals surface area contributed by atoms with Gasteiger partial charge in [-0.2, -0.15) is 17.8 Å². The first-order valence-electron chi connectivity index (χ1n) is 9.51. The molecule has 0 saturated heterocycles. The van der Waals surface area contributed by atoms with Gasteiger partial charge >= 0.3 is 16.3 Å². The molecule has 164 valence electrons. The van der Waals surface area contributed by atoms with E-state index in [2.05, 4.69) is 14.9 Å². The fourth-order valence-electron chi connectivity index (χ4n) is 2.83. The van der Waals surface area contributed by atoms with E-state index in [1.807, 2.05) is 12.1 Å². The molecule has 0 fully saturated rings. The Bertz CT molecular complexity index is 1260. The third kappa shape index (κ3) is 5.40. The van der Waals surface area contributed by atoms with Crippen LogP contribution in [0.1, 0.15) is 32.0 Å². The van der Waals surface area contributed by atoms with Gasteiger partial charge in [0.05, 0.1) is 16.8 Å². The highest BCUT2D eigenvalue weighted by Crippen LogP contribution is 2.19. The molecule has 9 nitrogen and oxygen atoms in total. The summed E-state index contributed by atoms with van der Waals surface area (Å²) in [5.74, 6) is 0. The van der Waals surface area contributed by atoms with Crippen LogP contribution in [-0.4, -0.2) is 41.7 Å². The van der Waals surface area contributed by atoms with Gasteiger partial charge in [0.15, 0.2) is 0 Å². The van der Waals surface area contributed by atoms with E-state index < -0.39 is 21.9 Å². The van der Waals surface area contributed by atoms with Crippen LogP contribution in [0.25, 0.3) is 10.8 Å². The Hall–Kier alpha value is -3.40. The molecule has 1 heterocycles. The minimum absolute atomic E-state index is 0.252. The summed E-state index contributed by atoms with van der Waals surface area (Å²) in [4.78, 5) is 24.0. The van der Waals surface area contributed by atoms with Gasteiger partial charge in [0.2, 0.25) is 0 Å². The summed E-state index contributed by atoms with van der Waals surface area (Å²) in [5, 5.41) is 7.96. The lowest BCUT2D eigenvalue weighted by atomic mass is 10.0. The van der Waals surface area contributed by atoms with Crippen LogP contribution < -0.4 is 10.3 Å². The number of hydrogen-bond acceptors (Lipinski definition) is 6. The first kappa shape index (κ1) is 22.3. The molecule has 2 N–H and O–H groups in total. The Morgan fingerprint density at radius 3 is 2.32 bits per heavy atom. The third-order valence-electron chi connectivity index (χ3n) is 4.36. The van der Waals surface area contributed by atoms with E-state index >= 15 is 0 Å². The molecule has 0 saturated carbocycles. The van der Waals surface area contributed by atoms with Crippen LogP contribution >= 0.6 is 0 Å². The minimum atomic E-state index is -4.13. The van der Waals surface area contributed by atoms with Crippen molar-refractivity contribution in [1.29, 1.82) is 0 Å². The predicted octanol–water partition coefficient (Wildman–Crippen LogP) is 3.04. The highest BCUT2D eigenvalue weighted by molar-refractivity contribution is 7.90. The van der Waals surface area contributed by atoms with Crippen LogP contribution in [0.15, 0.2) is 53.3 Å². The quantitative estimate of drug-likeness (QED) is 0.624. The van der Waals surface area contributed by atoms with Crippen molar-refractivity contribution >= 4 is 32.8 Å². The number of carbonyl (C=O) groups excluding carboxylic acids is 1. The number of nitrogens with zero attached hydrogens (tertiary/aromatic N) is 2. The second kappa shape index (κ2) is 8.38. The first-order valence-corrected chi connectivity index (χ1v) is 11.0. The largest absolute Gasteiger partial charge is 0.443 e. The van der Waals surface area contributed by atoms with Gasteiger partial charge in [0.1, 0.15) is 5.60 Å². The summed E-state index contributed by atoms with van der Waals surface area (Å²) in [5.41, 5.74) is 0.792. The van der Waals surface area contributed by atoms with Gasteiger partial charge in [-0.3, -0.25) is 9.52 Å². The number of nitrogens with one attached hydrogen (secondary N) is 2. The van der Waals surface area contributed by atoms with Crippen molar-refractivity contribution in [3.8, 4) is 0 Å². The molecule has 0 unspecified atom stereocenters. The zero-order valence-corrected chi connectivity index (χ0v) is 18.5. The zero-order chi connectivity index (χ0) is 22.8. The molecule has 3 aromatic rings. The minimum Gasteiger partial charge on any atom is -0.443 e. The van der Waals surface area contributed by atoms with E-state index in [1.54, 1.807) is 57.2 Å². The van der Waals surface area contributed by atoms with Crippen LogP contribution in [0.5, 0.6) is 0 Å². The predicted molar refractivity (Wildman–Crippen MR) is 118 cm³/mol. The number of amides is 1. The second-order valence-electron chi connectivity index (χ2n) is 7.97. The summed E-state index contributed by atoms with van der Waals surface area (Å²) >= 11 is 0. The molecule has 0 radical (unpaired) electrons. The Morgan fingerprint density at radius 2 is 1.71 bits per heavy atom. The van der Waals surface area contributed by atoms with E-state index in [4.69, 9.17) is 4.74 Å². The standard InChI is InChI=1S/C21H24N4O5S/c1-21(2,3)30-20(27)25(4)31(28,29)24-15-11-9-14(10-12-15)13-18-16-7-5-6-8-17(16)19(26)23-22-18/h5-12,24H,13H2,1-4H3,(H,23,26). The monoisotopic (exact) mass is 444 g/mol. The maximum atomic E-state index is 12.5. The number of fused-ring (bicyclic) bond motifs is 1. The Morgan fingerprint density at radius 1 is 1.10 bits per heavy atom. The van der Waals surface area contributed by atoms with E-state index in [0.717, 1.165) is 18.0 Å². The third-order valence-corrected chi connectivity index (χ3v) is 5.72. The van der Waals surface area contributed by atoms with E-state index in [0.29, 0.717) is 27.5 Å². The van der Waals surface area contributed by atoms with Crippen molar-refractivity contribution in [3.63, 3.8) is 0 Å². The maximum absolute atomic E-state index is 12.5. The lowest BCUT2D eigenvalue weighted by molar-refractivity contribution is 0.0421. The molecule has 31 heavy (non-hydrogen) atoms. The maximum Gasteiger partial charge on any atom is 0.425 e. The van der Waals surface area contributed by atoms with Crippen molar-refractivity contribution in [2.24, 2.45) is 0 Å². The highest BCUT2D eigenvalue weighted by atomic mass is 32.2. The van der Waals surface area contributed by atoms with Crippen molar-refractivity contribution in [3.05, 3.63) is 70.1 Å². The van der Waals surface area contributed by atoms with Gasteiger partial charge in [-0.1, -0.05) is 30.3 Å². The molecule has 0 spiro atoms. The normalized spacial score (nSPS) is 11.9. The van der Waals surface area contributed by atoms with Gasteiger partial charge < -0.3 is 4.74 Å². The molecule has 0 aliphatic rings. The Labute approximate surface area is 180 Å². The smallest absolute Gasteiger partial charge is 0.425 e. The van der Waals surface area contributed by atoms with Crippen LogP contribution in [0.3, 0.4) is 0 Å². The van der Waals surface area contributed by atoms with Crippen molar-refractivity contribution in [2.75, 3.05) is 11.8 Å². The van der Waals surface area contributed by atoms with E-state index in [1.165, 1.54) is 0 Å². The van der Waals surface area contributed by atoms with Gasteiger partial charge in [-0.25, -0.2) is 9.89 Å². The number of ether oxygens (including phenoxy) is 1. The number of hydrogen-bond donors (Lipinski definition) is 2. The molecular formula is C21H24N4O5S. The van der Waals surface area contributed by atoms with Crippen molar-refractivity contribution in [2.45, 2.75) is 32.8 Å². The van der Waals surface area contributed by atoms with Crippen molar-refractivity contribution in [1.82, 2.24) is 14.5 Å². The van der Waals surface area contributed by atoms with Gasteiger partial charge in [0.25, 0.3) is 5.56 Å².